The summed E-state index contributed by atoms with van der Waals surface area (Å²) in [7, 11) is -9.04. The monoisotopic (exact) mass is 543 g/mol. The topological polar surface area (TPSA) is 139 Å². The van der Waals surface area contributed by atoms with Gasteiger partial charge in [0.25, 0.3) is 10.0 Å². The van der Waals surface area contributed by atoms with Crippen LogP contribution in [0.2, 0.25) is 0 Å². The zero-order valence-corrected chi connectivity index (χ0v) is 22.5. The molecular formula is C23H33N3O8S2. The molecule has 1 N–H and O–H groups in total. The van der Waals surface area contributed by atoms with E-state index in [9.17, 15) is 26.4 Å². The molecule has 1 aliphatic heterocycles. The molecule has 1 saturated carbocycles. The molecule has 1 heterocycles. The van der Waals surface area contributed by atoms with Crippen molar-refractivity contribution in [1.82, 2.24) is 14.1 Å². The Morgan fingerprint density at radius 2 is 1.56 bits per heavy atom. The molecule has 1 aromatic rings. The van der Waals surface area contributed by atoms with E-state index >= 15 is 0 Å². The van der Waals surface area contributed by atoms with Gasteiger partial charge in [0.15, 0.2) is 6.04 Å². The minimum atomic E-state index is -4.67. The molecule has 0 amide bonds. The van der Waals surface area contributed by atoms with Gasteiger partial charge in [-0.1, -0.05) is 41.4 Å². The maximum atomic E-state index is 13.9. The number of sulfonamides is 2. The average Bonchev–Trinajstić information content (AvgIpc) is 3.16. The molecule has 1 aromatic carbocycles. The summed E-state index contributed by atoms with van der Waals surface area (Å²) in [5.74, 6) is -2.41. The molecule has 3 rings (SSSR count). The van der Waals surface area contributed by atoms with Crippen LogP contribution >= 0.6 is 0 Å². The molecule has 0 aromatic heterocycles. The van der Waals surface area contributed by atoms with E-state index in [0.29, 0.717) is 21.7 Å². The van der Waals surface area contributed by atoms with Gasteiger partial charge in [0.2, 0.25) is 10.0 Å². The number of hydrazine groups is 1. The number of carbonyl (C=O) groups excluding carboxylic acids is 2. The predicted octanol–water partition coefficient (Wildman–Crippen LogP) is 1.80. The molecule has 0 bridgehead atoms. The number of esters is 2. The van der Waals surface area contributed by atoms with Gasteiger partial charge >= 0.3 is 11.9 Å². The Kier molecular flexibility index (Phi) is 8.67. The fourth-order valence-corrected chi connectivity index (χ4v) is 7.27. The molecule has 200 valence electrons. The Labute approximate surface area is 212 Å². The van der Waals surface area contributed by atoms with Gasteiger partial charge in [-0.05, 0) is 45.7 Å². The van der Waals surface area contributed by atoms with Gasteiger partial charge in [-0.15, -0.1) is 0 Å². The molecule has 0 radical (unpaired) electrons. The molecule has 1 unspecified atom stereocenters. The lowest BCUT2D eigenvalue weighted by molar-refractivity contribution is -0.150. The zero-order chi connectivity index (χ0) is 26.7. The standard InChI is InChI=1S/C23H33N3O8S2/c1-5-33-22(27)19-20(23(28)34-6-2)25(36(31,32)18-14-12-16(3)13-15-18)26(35(4,29)30)21(19)24-17-10-8-7-9-11-17/h12-15,17,20,24H,5-11H2,1-4H3. The minimum Gasteiger partial charge on any atom is -0.464 e. The molecule has 0 spiro atoms. The van der Waals surface area contributed by atoms with E-state index in [1.807, 2.05) is 0 Å². The van der Waals surface area contributed by atoms with Crippen LogP contribution in [0.1, 0.15) is 51.5 Å². The van der Waals surface area contributed by atoms with Crippen LogP contribution in [0, 0.1) is 6.92 Å². The number of hydrogen-bond acceptors (Lipinski definition) is 9. The van der Waals surface area contributed by atoms with Gasteiger partial charge in [-0.25, -0.2) is 26.4 Å². The fourth-order valence-electron chi connectivity index (χ4n) is 4.33. The predicted molar refractivity (Wildman–Crippen MR) is 131 cm³/mol. The third-order valence-electron chi connectivity index (χ3n) is 5.95. The highest BCUT2D eigenvalue weighted by Crippen LogP contribution is 2.38. The van der Waals surface area contributed by atoms with E-state index in [4.69, 9.17) is 9.47 Å². The first kappa shape index (κ1) is 27.9. The van der Waals surface area contributed by atoms with Crippen molar-refractivity contribution in [3.8, 4) is 0 Å². The first-order valence-corrected chi connectivity index (χ1v) is 15.2. The Balaban J connectivity index is 2.29. The maximum absolute atomic E-state index is 13.9. The summed E-state index contributed by atoms with van der Waals surface area (Å²) in [6, 6.07) is 3.58. The SMILES string of the molecule is CCOC(=O)C1=C(NC2CCCCC2)N(S(C)(=O)=O)N(S(=O)(=O)c2ccc(C)cc2)C1C(=O)OCC. The second-order valence-electron chi connectivity index (χ2n) is 8.71. The summed E-state index contributed by atoms with van der Waals surface area (Å²) < 4.78 is 65.2. The molecule has 1 aliphatic carbocycles. The highest BCUT2D eigenvalue weighted by Gasteiger charge is 2.56. The van der Waals surface area contributed by atoms with Crippen molar-refractivity contribution >= 4 is 32.0 Å². The van der Waals surface area contributed by atoms with Crippen molar-refractivity contribution in [2.24, 2.45) is 0 Å². The van der Waals surface area contributed by atoms with Crippen LogP contribution in [0.3, 0.4) is 0 Å². The lowest BCUT2D eigenvalue weighted by atomic mass is 9.95. The van der Waals surface area contributed by atoms with Crippen LogP contribution in [0.5, 0.6) is 0 Å². The largest absolute Gasteiger partial charge is 0.464 e. The lowest BCUT2D eigenvalue weighted by Crippen LogP contribution is -2.53. The van der Waals surface area contributed by atoms with Crippen LogP contribution in [0.15, 0.2) is 40.6 Å². The summed E-state index contributed by atoms with van der Waals surface area (Å²) in [4.78, 5) is 26.1. The van der Waals surface area contributed by atoms with E-state index in [0.717, 1.165) is 31.1 Å². The number of nitrogens with one attached hydrogen (secondary N) is 1. The minimum absolute atomic E-state index is 0.0713. The van der Waals surface area contributed by atoms with Crippen molar-refractivity contribution in [2.75, 3.05) is 19.5 Å². The molecule has 2 aliphatic rings. The fraction of sp³-hybridized carbons (Fsp3) is 0.565. The molecular weight excluding hydrogens is 510 g/mol. The summed E-state index contributed by atoms with van der Waals surface area (Å²) in [6.07, 6.45) is 4.95. The molecule has 1 atom stereocenters. The van der Waals surface area contributed by atoms with Crippen LogP contribution in [-0.2, 0) is 39.1 Å². The lowest BCUT2D eigenvalue weighted by Gasteiger charge is -2.33. The Bertz CT molecular complexity index is 1220. The third kappa shape index (κ3) is 5.68. The number of rotatable bonds is 9. The van der Waals surface area contributed by atoms with Gasteiger partial charge in [0.05, 0.1) is 24.4 Å². The zero-order valence-electron chi connectivity index (χ0n) is 20.9. The van der Waals surface area contributed by atoms with Gasteiger partial charge in [-0.3, -0.25) is 0 Å². The van der Waals surface area contributed by atoms with Crippen LogP contribution in [0.4, 0.5) is 0 Å². The number of ether oxygens (including phenoxy) is 2. The number of hydrogen-bond donors (Lipinski definition) is 1. The number of aryl methyl sites for hydroxylation is 1. The number of carbonyl (C=O) groups is 2. The van der Waals surface area contributed by atoms with E-state index < -0.39 is 43.6 Å². The van der Waals surface area contributed by atoms with E-state index in [1.165, 1.54) is 19.1 Å². The molecule has 1 fully saturated rings. The maximum Gasteiger partial charge on any atom is 0.340 e. The van der Waals surface area contributed by atoms with Crippen molar-refractivity contribution in [1.29, 1.82) is 0 Å². The van der Waals surface area contributed by atoms with Crippen molar-refractivity contribution in [3.05, 3.63) is 41.2 Å². The van der Waals surface area contributed by atoms with Crippen molar-refractivity contribution in [2.45, 2.75) is 69.9 Å². The Morgan fingerprint density at radius 3 is 2.08 bits per heavy atom. The summed E-state index contributed by atoms with van der Waals surface area (Å²) >= 11 is 0. The quantitative estimate of drug-likeness (QED) is 0.462. The van der Waals surface area contributed by atoms with Gasteiger partial charge in [-0.2, -0.15) is 4.41 Å². The van der Waals surface area contributed by atoms with Crippen LogP contribution in [-0.4, -0.2) is 69.2 Å². The summed E-state index contributed by atoms with van der Waals surface area (Å²) in [5, 5.41) is 3.07. The normalized spacial score (nSPS) is 19.9. The highest BCUT2D eigenvalue weighted by molar-refractivity contribution is 7.91. The average molecular weight is 544 g/mol. The second kappa shape index (κ2) is 11.2. The first-order chi connectivity index (χ1) is 16.9. The van der Waals surface area contributed by atoms with Crippen molar-refractivity contribution in [3.63, 3.8) is 0 Å². The van der Waals surface area contributed by atoms with Crippen LogP contribution in [0.25, 0.3) is 0 Å². The van der Waals surface area contributed by atoms with Gasteiger partial charge < -0.3 is 14.8 Å². The first-order valence-electron chi connectivity index (χ1n) is 11.9. The third-order valence-corrected chi connectivity index (χ3v) is 8.77. The highest BCUT2D eigenvalue weighted by atomic mass is 32.2. The number of nitrogens with zero attached hydrogens (tertiary/aromatic N) is 2. The molecule has 36 heavy (non-hydrogen) atoms. The van der Waals surface area contributed by atoms with Gasteiger partial charge in [0.1, 0.15) is 11.4 Å². The van der Waals surface area contributed by atoms with Crippen LogP contribution < -0.4 is 5.32 Å². The molecule has 0 saturated heterocycles. The Morgan fingerprint density at radius 1 is 0.972 bits per heavy atom. The second-order valence-corrected chi connectivity index (χ2v) is 12.3. The number of benzene rings is 1. The Hall–Kier alpha value is -2.64. The summed E-state index contributed by atoms with van der Waals surface area (Å²) in [6.45, 7) is 4.65. The smallest absolute Gasteiger partial charge is 0.340 e. The van der Waals surface area contributed by atoms with E-state index in [-0.39, 0.29) is 30.0 Å². The molecule has 11 nitrogen and oxygen atoms in total. The van der Waals surface area contributed by atoms with Crippen molar-refractivity contribution < 1.29 is 35.9 Å². The van der Waals surface area contributed by atoms with E-state index in [2.05, 4.69) is 5.32 Å². The van der Waals surface area contributed by atoms with Gasteiger partial charge in [0, 0.05) is 6.04 Å². The summed E-state index contributed by atoms with van der Waals surface area (Å²) in [5.41, 5.74) is 0.351. The van der Waals surface area contributed by atoms with E-state index in [1.54, 1.807) is 26.0 Å². The molecule has 13 heteroatoms.